The highest BCUT2D eigenvalue weighted by Gasteiger charge is 2.21. The predicted octanol–water partition coefficient (Wildman–Crippen LogP) is 5.06. The van der Waals surface area contributed by atoms with Crippen LogP contribution in [0.1, 0.15) is 40.7 Å². The fourth-order valence-electron chi connectivity index (χ4n) is 2.90. The zero-order valence-electron chi connectivity index (χ0n) is 15.7. The Balaban J connectivity index is 1.84. The molecule has 140 valence electrons. The van der Waals surface area contributed by atoms with Gasteiger partial charge in [-0.15, -0.1) is 10.2 Å². The fraction of sp³-hybridized carbons (Fsp3) is 0.286. The second-order valence-electron chi connectivity index (χ2n) is 6.45. The molecule has 3 aromatic rings. The minimum atomic E-state index is -0.0319. The first kappa shape index (κ1) is 19.1. The van der Waals surface area contributed by atoms with Gasteiger partial charge in [0.2, 0.25) is 11.8 Å². The van der Waals surface area contributed by atoms with E-state index in [4.69, 9.17) is 16.0 Å². The Morgan fingerprint density at radius 3 is 2.63 bits per heavy atom. The molecule has 6 heteroatoms. The second kappa shape index (κ2) is 8.35. The standard InChI is InChI=1S/C21H22ClN3O2/c1-4-12-25(21(26)16-10-7-8-14(2)15(16)3)13-19-23-24-20(27-19)17-9-5-6-11-18(17)22/h5-11H,4,12-13H2,1-3H3. The van der Waals surface area contributed by atoms with Gasteiger partial charge in [-0.25, -0.2) is 0 Å². The highest BCUT2D eigenvalue weighted by molar-refractivity contribution is 6.33. The van der Waals surface area contributed by atoms with Gasteiger partial charge in [0.05, 0.1) is 17.1 Å². The highest BCUT2D eigenvalue weighted by atomic mass is 35.5. The third-order valence-corrected chi connectivity index (χ3v) is 4.84. The summed E-state index contributed by atoms with van der Waals surface area (Å²) in [6.45, 7) is 6.87. The highest BCUT2D eigenvalue weighted by Crippen LogP contribution is 2.26. The molecule has 0 saturated heterocycles. The van der Waals surface area contributed by atoms with Crippen molar-refractivity contribution < 1.29 is 9.21 Å². The molecule has 0 radical (unpaired) electrons. The number of hydrogen-bond donors (Lipinski definition) is 0. The molecule has 0 spiro atoms. The van der Waals surface area contributed by atoms with Crippen LogP contribution in [-0.4, -0.2) is 27.5 Å². The number of aromatic nitrogens is 2. The van der Waals surface area contributed by atoms with E-state index in [0.29, 0.717) is 34.5 Å². The maximum Gasteiger partial charge on any atom is 0.254 e. The van der Waals surface area contributed by atoms with Crippen molar-refractivity contribution in [3.63, 3.8) is 0 Å². The summed E-state index contributed by atoms with van der Waals surface area (Å²) in [5, 5.41) is 8.73. The van der Waals surface area contributed by atoms with Gasteiger partial charge in [0, 0.05) is 12.1 Å². The quantitative estimate of drug-likeness (QED) is 0.597. The Kier molecular flexibility index (Phi) is 5.91. The normalized spacial score (nSPS) is 10.8. The Labute approximate surface area is 164 Å². The number of halogens is 1. The first-order valence-electron chi connectivity index (χ1n) is 8.94. The van der Waals surface area contributed by atoms with Crippen LogP contribution in [0.2, 0.25) is 5.02 Å². The van der Waals surface area contributed by atoms with Crippen LogP contribution in [0.15, 0.2) is 46.9 Å². The van der Waals surface area contributed by atoms with Gasteiger partial charge < -0.3 is 9.32 Å². The molecule has 0 aliphatic rings. The Hall–Kier alpha value is -2.66. The molecule has 1 aromatic heterocycles. The van der Waals surface area contributed by atoms with Gasteiger partial charge in [-0.1, -0.05) is 42.8 Å². The smallest absolute Gasteiger partial charge is 0.254 e. The summed E-state index contributed by atoms with van der Waals surface area (Å²) in [6, 6.07) is 13.1. The van der Waals surface area contributed by atoms with Gasteiger partial charge in [0.25, 0.3) is 5.91 Å². The topological polar surface area (TPSA) is 59.2 Å². The zero-order valence-corrected chi connectivity index (χ0v) is 16.5. The lowest BCUT2D eigenvalue weighted by Crippen LogP contribution is -2.32. The van der Waals surface area contributed by atoms with E-state index in [2.05, 4.69) is 10.2 Å². The van der Waals surface area contributed by atoms with E-state index in [-0.39, 0.29) is 12.5 Å². The Morgan fingerprint density at radius 2 is 1.89 bits per heavy atom. The molecule has 2 aromatic carbocycles. The van der Waals surface area contributed by atoms with E-state index in [9.17, 15) is 4.79 Å². The Bertz CT molecular complexity index is 952. The summed E-state index contributed by atoms with van der Waals surface area (Å²) in [4.78, 5) is 14.8. The zero-order chi connectivity index (χ0) is 19.4. The van der Waals surface area contributed by atoms with Gasteiger partial charge in [-0.05, 0) is 49.6 Å². The summed E-state index contributed by atoms with van der Waals surface area (Å²) >= 11 is 6.19. The number of rotatable bonds is 6. The first-order chi connectivity index (χ1) is 13.0. The third kappa shape index (κ3) is 4.19. The summed E-state index contributed by atoms with van der Waals surface area (Å²) in [5.74, 6) is 0.707. The summed E-state index contributed by atoms with van der Waals surface area (Å²) in [6.07, 6.45) is 0.835. The minimum absolute atomic E-state index is 0.0319. The molecule has 0 fully saturated rings. The number of carbonyl (C=O) groups excluding carboxylic acids is 1. The van der Waals surface area contributed by atoms with Crippen molar-refractivity contribution in [3.8, 4) is 11.5 Å². The van der Waals surface area contributed by atoms with Crippen molar-refractivity contribution in [1.29, 1.82) is 0 Å². The number of benzene rings is 2. The van der Waals surface area contributed by atoms with Crippen LogP contribution in [0, 0.1) is 13.8 Å². The summed E-state index contributed by atoms with van der Waals surface area (Å²) in [7, 11) is 0. The number of nitrogens with zero attached hydrogens (tertiary/aromatic N) is 3. The molecule has 3 rings (SSSR count). The van der Waals surface area contributed by atoms with Crippen molar-refractivity contribution in [2.45, 2.75) is 33.7 Å². The first-order valence-corrected chi connectivity index (χ1v) is 9.31. The molecule has 0 aliphatic carbocycles. The second-order valence-corrected chi connectivity index (χ2v) is 6.86. The number of carbonyl (C=O) groups is 1. The van der Waals surface area contributed by atoms with Gasteiger partial charge in [0.1, 0.15) is 0 Å². The number of aryl methyl sites for hydroxylation is 1. The number of hydrogen-bond acceptors (Lipinski definition) is 4. The molecule has 1 heterocycles. The SMILES string of the molecule is CCCN(Cc1nnc(-c2ccccc2Cl)o1)C(=O)c1cccc(C)c1C. The fourth-order valence-corrected chi connectivity index (χ4v) is 3.12. The maximum atomic E-state index is 13.1. The molecule has 0 aliphatic heterocycles. The van der Waals surface area contributed by atoms with E-state index in [1.54, 1.807) is 11.0 Å². The molecule has 0 bridgehead atoms. The van der Waals surface area contributed by atoms with E-state index in [1.165, 1.54) is 0 Å². The third-order valence-electron chi connectivity index (χ3n) is 4.51. The largest absolute Gasteiger partial charge is 0.419 e. The summed E-state index contributed by atoms with van der Waals surface area (Å²) in [5.41, 5.74) is 3.47. The van der Waals surface area contributed by atoms with Gasteiger partial charge >= 0.3 is 0 Å². The van der Waals surface area contributed by atoms with Crippen molar-refractivity contribution in [2.24, 2.45) is 0 Å². The lowest BCUT2D eigenvalue weighted by Gasteiger charge is -2.21. The van der Waals surface area contributed by atoms with Gasteiger partial charge in [-0.3, -0.25) is 4.79 Å². The Morgan fingerprint density at radius 1 is 1.11 bits per heavy atom. The van der Waals surface area contributed by atoms with Crippen molar-refractivity contribution in [1.82, 2.24) is 15.1 Å². The molecule has 0 atom stereocenters. The van der Waals surface area contributed by atoms with Crippen LogP contribution < -0.4 is 0 Å². The molecule has 0 unspecified atom stereocenters. The van der Waals surface area contributed by atoms with Crippen LogP contribution >= 0.6 is 11.6 Å². The lowest BCUT2D eigenvalue weighted by molar-refractivity contribution is 0.0728. The molecule has 27 heavy (non-hydrogen) atoms. The van der Waals surface area contributed by atoms with Crippen molar-refractivity contribution in [2.75, 3.05) is 6.54 Å². The van der Waals surface area contributed by atoms with Crippen LogP contribution in [0.3, 0.4) is 0 Å². The monoisotopic (exact) mass is 383 g/mol. The van der Waals surface area contributed by atoms with Crippen LogP contribution in [0.4, 0.5) is 0 Å². The van der Waals surface area contributed by atoms with E-state index < -0.39 is 0 Å². The minimum Gasteiger partial charge on any atom is -0.419 e. The average Bonchev–Trinajstić information content (AvgIpc) is 3.12. The average molecular weight is 384 g/mol. The number of amides is 1. The maximum absolute atomic E-state index is 13.1. The van der Waals surface area contributed by atoms with E-state index in [1.807, 2.05) is 57.2 Å². The van der Waals surface area contributed by atoms with E-state index >= 15 is 0 Å². The lowest BCUT2D eigenvalue weighted by atomic mass is 10.0. The van der Waals surface area contributed by atoms with Crippen LogP contribution in [-0.2, 0) is 6.54 Å². The van der Waals surface area contributed by atoms with Crippen LogP contribution in [0.5, 0.6) is 0 Å². The predicted molar refractivity (Wildman–Crippen MR) is 106 cm³/mol. The molecule has 0 N–H and O–H groups in total. The molecule has 0 saturated carbocycles. The summed E-state index contributed by atoms with van der Waals surface area (Å²) < 4.78 is 5.77. The van der Waals surface area contributed by atoms with Gasteiger partial charge in [0.15, 0.2) is 0 Å². The van der Waals surface area contributed by atoms with Gasteiger partial charge in [-0.2, -0.15) is 0 Å². The molecule has 1 amide bonds. The van der Waals surface area contributed by atoms with Crippen LogP contribution in [0.25, 0.3) is 11.5 Å². The molecular formula is C21H22ClN3O2. The molecular weight excluding hydrogens is 362 g/mol. The van der Waals surface area contributed by atoms with Crippen molar-refractivity contribution >= 4 is 17.5 Å². The molecule has 5 nitrogen and oxygen atoms in total. The van der Waals surface area contributed by atoms with E-state index in [0.717, 1.165) is 17.5 Å². The van der Waals surface area contributed by atoms with Crippen molar-refractivity contribution in [3.05, 3.63) is 70.1 Å².